The normalized spacial score (nSPS) is 19.9. The Morgan fingerprint density at radius 1 is 1.00 bits per heavy atom. The van der Waals surface area contributed by atoms with E-state index in [1.54, 1.807) is 53.4 Å². The van der Waals surface area contributed by atoms with Crippen LogP contribution in [0.25, 0.3) is 0 Å². The number of benzene rings is 2. The van der Waals surface area contributed by atoms with Gasteiger partial charge >= 0.3 is 0 Å². The highest BCUT2D eigenvalue weighted by molar-refractivity contribution is 6.04. The van der Waals surface area contributed by atoms with Gasteiger partial charge in [-0.2, -0.15) is 0 Å². The van der Waals surface area contributed by atoms with Gasteiger partial charge in [-0.1, -0.05) is 19.1 Å². The quantitative estimate of drug-likeness (QED) is 0.529. The van der Waals surface area contributed by atoms with Gasteiger partial charge < -0.3 is 15.5 Å². The van der Waals surface area contributed by atoms with Gasteiger partial charge in [-0.3, -0.25) is 29.3 Å². The standard InChI is InChI=1S/C26H28N4O5/c1-2-26(14-13-21(31)29-25(26)35)18-7-9-19(10-8-18)28-22(32)16-27-24(34)17-5-11-20(12-6-17)30-15-3-4-23(30)33/h5-12H,2-4,13-16H2,1H3,(H,27,34)(H,28,32)(H,29,31,35). The minimum absolute atomic E-state index is 0.0777. The lowest BCUT2D eigenvalue weighted by Gasteiger charge is -2.35. The van der Waals surface area contributed by atoms with Gasteiger partial charge in [-0.05, 0) is 61.2 Å². The molecule has 182 valence electrons. The Balaban J connectivity index is 1.31. The Bertz CT molecular complexity index is 1160. The number of carbonyl (C=O) groups excluding carboxylic acids is 5. The first-order chi connectivity index (χ1) is 16.8. The topological polar surface area (TPSA) is 125 Å². The first-order valence-corrected chi connectivity index (χ1v) is 11.8. The molecule has 2 aromatic carbocycles. The maximum atomic E-state index is 12.5. The van der Waals surface area contributed by atoms with Crippen molar-refractivity contribution in [2.45, 2.75) is 44.4 Å². The molecule has 2 fully saturated rings. The number of imide groups is 1. The molecule has 5 amide bonds. The Labute approximate surface area is 203 Å². The zero-order valence-electron chi connectivity index (χ0n) is 19.6. The summed E-state index contributed by atoms with van der Waals surface area (Å²) in [5.74, 6) is -1.26. The van der Waals surface area contributed by atoms with Gasteiger partial charge in [0.2, 0.25) is 23.6 Å². The van der Waals surface area contributed by atoms with Crippen molar-refractivity contribution in [1.29, 1.82) is 0 Å². The summed E-state index contributed by atoms with van der Waals surface area (Å²) in [6.45, 7) is 2.38. The summed E-state index contributed by atoms with van der Waals surface area (Å²) in [7, 11) is 0. The maximum absolute atomic E-state index is 12.5. The predicted molar refractivity (Wildman–Crippen MR) is 130 cm³/mol. The van der Waals surface area contributed by atoms with Crippen LogP contribution < -0.4 is 20.9 Å². The smallest absolute Gasteiger partial charge is 0.251 e. The molecule has 2 aliphatic rings. The lowest BCUT2D eigenvalue weighted by molar-refractivity contribution is -0.138. The summed E-state index contributed by atoms with van der Waals surface area (Å²) in [6, 6.07) is 13.7. The molecule has 4 rings (SSSR count). The number of nitrogens with zero attached hydrogens (tertiary/aromatic N) is 1. The third-order valence-electron chi connectivity index (χ3n) is 6.72. The van der Waals surface area contributed by atoms with Gasteiger partial charge in [0.1, 0.15) is 0 Å². The molecule has 0 radical (unpaired) electrons. The molecule has 0 saturated carbocycles. The molecule has 0 aromatic heterocycles. The number of anilines is 2. The van der Waals surface area contributed by atoms with Crippen molar-refractivity contribution >= 4 is 40.9 Å². The monoisotopic (exact) mass is 476 g/mol. The van der Waals surface area contributed by atoms with Gasteiger partial charge in [0.15, 0.2) is 0 Å². The molecule has 0 bridgehead atoms. The molecular weight excluding hydrogens is 448 g/mol. The van der Waals surface area contributed by atoms with Crippen LogP contribution in [0.5, 0.6) is 0 Å². The van der Waals surface area contributed by atoms with Gasteiger partial charge in [-0.25, -0.2) is 0 Å². The van der Waals surface area contributed by atoms with Gasteiger partial charge in [0.25, 0.3) is 5.91 Å². The summed E-state index contributed by atoms with van der Waals surface area (Å²) in [5, 5.41) is 7.74. The number of rotatable bonds is 7. The van der Waals surface area contributed by atoms with E-state index in [1.807, 2.05) is 6.92 Å². The van der Waals surface area contributed by atoms with Gasteiger partial charge in [0.05, 0.1) is 12.0 Å². The van der Waals surface area contributed by atoms with Crippen molar-refractivity contribution in [2.75, 3.05) is 23.3 Å². The van der Waals surface area contributed by atoms with E-state index in [0.717, 1.165) is 17.7 Å². The largest absolute Gasteiger partial charge is 0.343 e. The first kappa shape index (κ1) is 24.1. The Hall–Kier alpha value is -4.01. The molecule has 9 heteroatoms. The van der Waals surface area contributed by atoms with Gasteiger partial charge in [-0.15, -0.1) is 0 Å². The van der Waals surface area contributed by atoms with Crippen molar-refractivity contribution in [2.24, 2.45) is 0 Å². The second kappa shape index (κ2) is 10.1. The summed E-state index contributed by atoms with van der Waals surface area (Å²) in [5.41, 5.74) is 1.71. The lowest BCUT2D eigenvalue weighted by Crippen LogP contribution is -2.51. The molecule has 2 heterocycles. The number of amides is 5. The fourth-order valence-corrected chi connectivity index (χ4v) is 4.62. The zero-order chi connectivity index (χ0) is 25.0. The van der Waals surface area contributed by atoms with E-state index >= 15 is 0 Å². The molecule has 35 heavy (non-hydrogen) atoms. The van der Waals surface area contributed by atoms with Crippen LogP contribution in [-0.2, 0) is 24.6 Å². The van der Waals surface area contributed by atoms with Crippen molar-refractivity contribution in [3.8, 4) is 0 Å². The summed E-state index contributed by atoms with van der Waals surface area (Å²) < 4.78 is 0. The molecule has 2 aliphatic heterocycles. The van der Waals surface area contributed by atoms with Crippen LogP contribution in [0.3, 0.4) is 0 Å². The number of nitrogens with one attached hydrogen (secondary N) is 3. The van der Waals surface area contributed by atoms with E-state index in [1.165, 1.54) is 0 Å². The SMILES string of the molecule is CCC1(c2ccc(NC(=O)CNC(=O)c3ccc(N4CCCC4=O)cc3)cc2)CCC(=O)NC1=O. The molecule has 0 aliphatic carbocycles. The van der Waals surface area contributed by atoms with Crippen LogP contribution in [0.2, 0.25) is 0 Å². The maximum Gasteiger partial charge on any atom is 0.251 e. The third kappa shape index (κ3) is 5.08. The second-order valence-electron chi connectivity index (χ2n) is 8.82. The Morgan fingerprint density at radius 2 is 1.71 bits per heavy atom. The van der Waals surface area contributed by atoms with E-state index in [9.17, 15) is 24.0 Å². The predicted octanol–water partition coefficient (Wildman–Crippen LogP) is 2.27. The summed E-state index contributed by atoms with van der Waals surface area (Å²) in [4.78, 5) is 62.4. The number of hydrogen-bond acceptors (Lipinski definition) is 5. The van der Waals surface area contributed by atoms with Crippen LogP contribution in [0, 0.1) is 0 Å². The first-order valence-electron chi connectivity index (χ1n) is 11.8. The average Bonchev–Trinajstić information content (AvgIpc) is 3.29. The van der Waals surface area contributed by atoms with E-state index in [-0.39, 0.29) is 30.7 Å². The number of piperidine rings is 1. The molecule has 1 atom stereocenters. The minimum atomic E-state index is -0.762. The van der Waals surface area contributed by atoms with E-state index in [4.69, 9.17) is 0 Å². The van der Waals surface area contributed by atoms with E-state index in [0.29, 0.717) is 37.1 Å². The van der Waals surface area contributed by atoms with Gasteiger partial charge in [0, 0.05) is 36.3 Å². The van der Waals surface area contributed by atoms with Crippen molar-refractivity contribution < 1.29 is 24.0 Å². The molecule has 0 spiro atoms. The van der Waals surface area contributed by atoms with Crippen LogP contribution in [-0.4, -0.2) is 42.6 Å². The molecule has 1 unspecified atom stereocenters. The Morgan fingerprint density at radius 3 is 2.31 bits per heavy atom. The second-order valence-corrected chi connectivity index (χ2v) is 8.82. The minimum Gasteiger partial charge on any atom is -0.343 e. The highest BCUT2D eigenvalue weighted by Crippen LogP contribution is 2.36. The molecule has 9 nitrogen and oxygen atoms in total. The number of carbonyl (C=O) groups is 5. The van der Waals surface area contributed by atoms with E-state index < -0.39 is 17.2 Å². The van der Waals surface area contributed by atoms with Crippen LogP contribution >= 0.6 is 0 Å². The fraction of sp³-hybridized carbons (Fsp3) is 0.346. The Kier molecular flexibility index (Phi) is 6.95. The van der Waals surface area contributed by atoms with Crippen LogP contribution in [0.15, 0.2) is 48.5 Å². The highest BCUT2D eigenvalue weighted by atomic mass is 16.2. The van der Waals surface area contributed by atoms with Crippen molar-refractivity contribution in [3.63, 3.8) is 0 Å². The van der Waals surface area contributed by atoms with Crippen LogP contribution in [0.4, 0.5) is 11.4 Å². The lowest BCUT2D eigenvalue weighted by atomic mass is 9.72. The number of hydrogen-bond donors (Lipinski definition) is 3. The third-order valence-corrected chi connectivity index (χ3v) is 6.72. The molecule has 2 saturated heterocycles. The van der Waals surface area contributed by atoms with Crippen molar-refractivity contribution in [3.05, 3.63) is 59.7 Å². The summed E-state index contributed by atoms with van der Waals surface area (Å²) in [6.07, 6.45) is 2.65. The highest BCUT2D eigenvalue weighted by Gasteiger charge is 2.42. The fourth-order valence-electron chi connectivity index (χ4n) is 4.62. The van der Waals surface area contributed by atoms with E-state index in [2.05, 4.69) is 16.0 Å². The molecule has 3 N–H and O–H groups in total. The van der Waals surface area contributed by atoms with Crippen LogP contribution in [0.1, 0.15) is 54.9 Å². The average molecular weight is 477 g/mol. The summed E-state index contributed by atoms with van der Waals surface area (Å²) >= 11 is 0. The molecular formula is C26H28N4O5. The van der Waals surface area contributed by atoms with Crippen molar-refractivity contribution in [1.82, 2.24) is 10.6 Å². The zero-order valence-corrected chi connectivity index (χ0v) is 19.6. The molecule has 2 aromatic rings.